The quantitative estimate of drug-likeness (QED) is 0.439. The third-order valence-corrected chi connectivity index (χ3v) is 8.96. The van der Waals surface area contributed by atoms with Crippen molar-refractivity contribution in [3.63, 3.8) is 0 Å². The van der Waals surface area contributed by atoms with Gasteiger partial charge < -0.3 is 15.0 Å². The number of benzene rings is 1. The number of rotatable bonds is 7. The molecule has 1 saturated carbocycles. The van der Waals surface area contributed by atoms with E-state index in [1.165, 1.54) is 12.7 Å². The van der Waals surface area contributed by atoms with E-state index in [1.807, 2.05) is 47.7 Å². The average molecular weight is 579 g/mol. The topological polar surface area (TPSA) is 118 Å². The Morgan fingerprint density at radius 2 is 1.76 bits per heavy atom. The molecule has 2 aliphatic heterocycles. The van der Waals surface area contributed by atoms with Crippen LogP contribution in [0.3, 0.4) is 0 Å². The summed E-state index contributed by atoms with van der Waals surface area (Å²) in [6, 6.07) is 9.40. The van der Waals surface area contributed by atoms with Gasteiger partial charge >= 0.3 is 0 Å². The van der Waals surface area contributed by atoms with E-state index in [-0.39, 0.29) is 23.7 Å². The van der Waals surface area contributed by atoms with Crippen LogP contribution < -0.4 is 14.8 Å². The van der Waals surface area contributed by atoms with Gasteiger partial charge in [-0.1, -0.05) is 31.4 Å². The molecule has 1 aromatic carbocycles. The normalized spacial score (nSPS) is 21.8. The maximum absolute atomic E-state index is 13.3. The first-order valence-electron chi connectivity index (χ1n) is 14.6. The van der Waals surface area contributed by atoms with Gasteiger partial charge in [-0.2, -0.15) is 0 Å². The summed E-state index contributed by atoms with van der Waals surface area (Å²) in [4.78, 5) is 33.1. The van der Waals surface area contributed by atoms with Gasteiger partial charge in [-0.15, -0.1) is 5.10 Å². The Hall–Kier alpha value is -3.31. The molecule has 3 unspecified atom stereocenters. The molecule has 1 aliphatic carbocycles. The molecular formula is C30H38N6O4S. The smallest absolute Gasteiger partial charge is 0.281 e. The highest BCUT2D eigenvalue weighted by Crippen LogP contribution is 2.39. The van der Waals surface area contributed by atoms with Crippen LogP contribution >= 0.6 is 0 Å². The maximum Gasteiger partial charge on any atom is 0.281 e. The summed E-state index contributed by atoms with van der Waals surface area (Å²) in [7, 11) is -1.54. The maximum atomic E-state index is 13.3. The average Bonchev–Trinajstić information content (AvgIpc) is 3.66. The van der Waals surface area contributed by atoms with Crippen LogP contribution in [0.1, 0.15) is 72.8 Å². The molecule has 2 aromatic heterocycles. The zero-order valence-electron chi connectivity index (χ0n) is 23.9. The number of hydrogen-bond acceptors (Lipinski definition) is 7. The van der Waals surface area contributed by atoms with Gasteiger partial charge in [-0.3, -0.25) is 14.3 Å². The van der Waals surface area contributed by atoms with Crippen molar-refractivity contribution < 1.29 is 18.5 Å². The number of aromatic nitrogens is 3. The molecule has 0 radical (unpaired) electrons. The zero-order chi connectivity index (χ0) is 28.7. The highest BCUT2D eigenvalue weighted by atomic mass is 32.2. The van der Waals surface area contributed by atoms with Crippen molar-refractivity contribution in [2.75, 3.05) is 32.4 Å². The minimum absolute atomic E-state index is 0.0465. The Kier molecular flexibility index (Phi) is 7.82. The number of hydrogen-bond donors (Lipinski definition) is 2. The highest BCUT2D eigenvalue weighted by Gasteiger charge is 2.38. The largest absolute Gasteiger partial charge is 0.473 e. The Labute approximate surface area is 242 Å². The van der Waals surface area contributed by atoms with Gasteiger partial charge in [0.25, 0.3) is 11.8 Å². The van der Waals surface area contributed by atoms with Crippen molar-refractivity contribution in [1.29, 1.82) is 0 Å². The summed E-state index contributed by atoms with van der Waals surface area (Å²) in [5.74, 6) is 1.07. The Bertz CT molecular complexity index is 1470. The second-order valence-corrected chi connectivity index (χ2v) is 12.9. The van der Waals surface area contributed by atoms with E-state index in [0.717, 1.165) is 68.4 Å². The minimum Gasteiger partial charge on any atom is -0.473 e. The fourth-order valence-electron chi connectivity index (χ4n) is 6.51. The van der Waals surface area contributed by atoms with Crippen LogP contribution in [0.15, 0.2) is 30.3 Å². The van der Waals surface area contributed by atoms with Crippen molar-refractivity contribution >= 4 is 33.8 Å². The number of nitrogens with one attached hydrogen (secondary N) is 2. The van der Waals surface area contributed by atoms with Gasteiger partial charge in [0.05, 0.1) is 17.5 Å². The molecule has 218 valence electrons. The first kappa shape index (κ1) is 27.8. The lowest BCUT2D eigenvalue weighted by Gasteiger charge is -2.22. The van der Waals surface area contributed by atoms with Crippen molar-refractivity contribution in [2.45, 2.75) is 58.1 Å². The van der Waals surface area contributed by atoms with Gasteiger partial charge in [0.15, 0.2) is 5.65 Å². The molecule has 0 spiro atoms. The second kappa shape index (κ2) is 11.5. The molecule has 3 aromatic rings. The molecule has 6 rings (SSSR count). The summed E-state index contributed by atoms with van der Waals surface area (Å²) in [6.45, 7) is 7.44. The molecule has 3 atom stereocenters. The lowest BCUT2D eigenvalue weighted by molar-refractivity contribution is 0.0781. The van der Waals surface area contributed by atoms with Gasteiger partial charge in [-0.25, -0.2) is 13.9 Å². The fraction of sp³-hybridized carbons (Fsp3) is 0.533. The predicted molar refractivity (Wildman–Crippen MR) is 158 cm³/mol. The van der Waals surface area contributed by atoms with Crippen LogP contribution in [0.25, 0.3) is 22.2 Å². The van der Waals surface area contributed by atoms with Crippen LogP contribution in [-0.2, 0) is 11.0 Å². The van der Waals surface area contributed by atoms with E-state index >= 15 is 0 Å². The van der Waals surface area contributed by atoms with E-state index in [9.17, 15) is 13.8 Å². The van der Waals surface area contributed by atoms with E-state index < -0.39 is 16.9 Å². The molecule has 3 aliphatic rings. The molecule has 41 heavy (non-hydrogen) atoms. The van der Waals surface area contributed by atoms with Gasteiger partial charge in [0, 0.05) is 43.6 Å². The van der Waals surface area contributed by atoms with Gasteiger partial charge in [0.2, 0.25) is 5.88 Å². The van der Waals surface area contributed by atoms with Crippen LogP contribution in [0, 0.1) is 11.8 Å². The van der Waals surface area contributed by atoms with E-state index in [4.69, 9.17) is 14.8 Å². The summed E-state index contributed by atoms with van der Waals surface area (Å²) in [5, 5.41) is 9.05. The zero-order valence-corrected chi connectivity index (χ0v) is 24.7. The number of likely N-dealkylation sites (tertiary alicyclic amines) is 1. The van der Waals surface area contributed by atoms with E-state index in [2.05, 4.69) is 10.0 Å². The molecule has 2 amide bonds. The summed E-state index contributed by atoms with van der Waals surface area (Å²) < 4.78 is 22.4. The van der Waals surface area contributed by atoms with E-state index in [1.54, 1.807) is 6.07 Å². The molecular weight excluding hydrogens is 540 g/mol. The molecule has 2 saturated heterocycles. The number of carbonyl (C=O) groups excluding carboxylic acids is 2. The molecule has 4 heterocycles. The number of carbonyl (C=O) groups is 2. The Balaban J connectivity index is 1.42. The third kappa shape index (κ3) is 5.61. The molecule has 0 bridgehead atoms. The molecule has 11 heteroatoms. The third-order valence-electron chi connectivity index (χ3n) is 8.49. The lowest BCUT2D eigenvalue weighted by Crippen LogP contribution is -2.31. The van der Waals surface area contributed by atoms with E-state index in [0.29, 0.717) is 28.9 Å². The van der Waals surface area contributed by atoms with Crippen molar-refractivity contribution in [1.82, 2.24) is 29.7 Å². The van der Waals surface area contributed by atoms with Crippen LogP contribution in [0.4, 0.5) is 0 Å². The summed E-state index contributed by atoms with van der Waals surface area (Å²) in [6.07, 6.45) is 6.68. The van der Waals surface area contributed by atoms with Crippen molar-refractivity contribution in [3.8, 4) is 17.0 Å². The number of fused-ring (bicyclic) bond motifs is 2. The van der Waals surface area contributed by atoms with Gasteiger partial charge in [-0.05, 0) is 62.3 Å². The van der Waals surface area contributed by atoms with Crippen LogP contribution in [0.5, 0.6) is 5.88 Å². The Morgan fingerprint density at radius 3 is 2.39 bits per heavy atom. The van der Waals surface area contributed by atoms with Gasteiger partial charge in [0.1, 0.15) is 16.7 Å². The molecule has 3 fully saturated rings. The first-order valence-corrected chi connectivity index (χ1v) is 16.2. The lowest BCUT2D eigenvalue weighted by atomic mass is 9.95. The Morgan fingerprint density at radius 1 is 1.07 bits per heavy atom. The number of pyridine rings is 1. The second-order valence-electron chi connectivity index (χ2n) is 11.8. The first-order chi connectivity index (χ1) is 19.8. The minimum atomic E-state index is -1.54. The summed E-state index contributed by atoms with van der Waals surface area (Å²) >= 11 is 0. The van der Waals surface area contributed by atoms with Crippen molar-refractivity contribution in [3.05, 3.63) is 41.6 Å². The van der Waals surface area contributed by atoms with Crippen LogP contribution in [0.2, 0.25) is 0 Å². The van der Waals surface area contributed by atoms with Crippen molar-refractivity contribution in [2.24, 2.45) is 11.8 Å². The molecule has 10 nitrogen and oxygen atoms in total. The highest BCUT2D eigenvalue weighted by molar-refractivity contribution is 7.82. The standard InChI is InChI=1S/C30H38N6O4S/c1-18(2)40-29-26-24(19-9-11-20(12-10-19)30(38)35-16-21-14-31-15-22(21)17-35)13-25(28(37)34-41(3)39)32-27(26)36(33-29)23-7-5-4-6-8-23/h9-13,18,21-23,31H,4-8,14-17H2,1-3H3,(H,34,37). The fourth-order valence-corrected chi connectivity index (χ4v) is 6.88. The number of ether oxygens (including phenoxy) is 1. The monoisotopic (exact) mass is 578 g/mol. The SMILES string of the molecule is CC(C)Oc1nn(C2CCCCC2)c2nc(C(=O)NS(C)=O)cc(-c3ccc(C(=O)N4CC5CNCC5C4)cc3)c12. The van der Waals surface area contributed by atoms with Crippen LogP contribution in [-0.4, -0.2) is 74.2 Å². The number of nitrogens with zero attached hydrogens (tertiary/aromatic N) is 4. The number of amides is 2. The summed E-state index contributed by atoms with van der Waals surface area (Å²) in [5.41, 5.74) is 2.94. The molecule has 2 N–H and O–H groups in total. The predicted octanol–water partition coefficient (Wildman–Crippen LogP) is 3.71.